The summed E-state index contributed by atoms with van der Waals surface area (Å²) >= 11 is 1.82. The lowest BCUT2D eigenvalue weighted by Crippen LogP contribution is -2.39. The van der Waals surface area contributed by atoms with Gasteiger partial charge >= 0.3 is 12.0 Å². The molecule has 6 nitrogen and oxygen atoms in total. The lowest BCUT2D eigenvalue weighted by molar-refractivity contribution is 0.0697. The Morgan fingerprint density at radius 2 is 2.24 bits per heavy atom. The Kier molecular flexibility index (Phi) is 4.95. The highest BCUT2D eigenvalue weighted by atomic mass is 32.2. The normalized spacial score (nSPS) is 17.3. The first-order valence-electron chi connectivity index (χ1n) is 6.56. The monoisotopic (exact) mass is 310 g/mol. The number of benzene rings is 1. The molecular weight excluding hydrogens is 292 g/mol. The van der Waals surface area contributed by atoms with Gasteiger partial charge in [-0.15, -0.1) is 0 Å². The molecule has 0 saturated carbocycles. The number of urea groups is 1. The predicted molar refractivity (Wildman–Crippen MR) is 82.5 cm³/mol. The van der Waals surface area contributed by atoms with Crippen LogP contribution >= 0.6 is 11.8 Å². The van der Waals surface area contributed by atoms with Crippen molar-refractivity contribution in [3.05, 3.63) is 23.8 Å². The zero-order chi connectivity index (χ0) is 15.4. The summed E-state index contributed by atoms with van der Waals surface area (Å²) in [6, 6.07) is 4.32. The number of carboxylic acids is 1. The van der Waals surface area contributed by atoms with Gasteiger partial charge in [0, 0.05) is 18.8 Å². The van der Waals surface area contributed by atoms with Crippen molar-refractivity contribution in [3.63, 3.8) is 0 Å². The van der Waals surface area contributed by atoms with E-state index in [0.29, 0.717) is 11.4 Å². The minimum Gasteiger partial charge on any atom is -0.495 e. The van der Waals surface area contributed by atoms with E-state index in [1.807, 2.05) is 11.8 Å². The lowest BCUT2D eigenvalue weighted by atomic mass is 10.2. The Labute approximate surface area is 127 Å². The van der Waals surface area contributed by atoms with Gasteiger partial charge in [-0.25, -0.2) is 9.59 Å². The smallest absolute Gasteiger partial charge is 0.335 e. The van der Waals surface area contributed by atoms with Crippen LogP contribution in [-0.2, 0) is 0 Å². The van der Waals surface area contributed by atoms with Crippen molar-refractivity contribution < 1.29 is 19.4 Å². The number of anilines is 1. The number of methoxy groups -OCH3 is 1. The van der Waals surface area contributed by atoms with Crippen LogP contribution in [0.15, 0.2) is 18.2 Å². The quantitative estimate of drug-likeness (QED) is 0.892. The molecule has 1 atom stereocenters. The molecule has 1 unspecified atom stereocenters. The third-order valence-electron chi connectivity index (χ3n) is 3.46. The maximum Gasteiger partial charge on any atom is 0.335 e. The number of amides is 2. The Balaban J connectivity index is 2.15. The molecule has 114 valence electrons. The molecule has 2 N–H and O–H groups in total. The van der Waals surface area contributed by atoms with Crippen LogP contribution in [0.3, 0.4) is 0 Å². The fraction of sp³-hybridized carbons (Fsp3) is 0.429. The summed E-state index contributed by atoms with van der Waals surface area (Å²) in [5, 5.41) is 11.7. The first-order chi connectivity index (χ1) is 10.0. The first-order valence-corrected chi connectivity index (χ1v) is 7.71. The second-order valence-corrected chi connectivity index (χ2v) is 5.93. The minimum absolute atomic E-state index is 0.102. The standard InChI is InChI=1S/C14H18N2O4S/c1-16(10-5-6-21-8-10)14(19)15-11-7-9(13(17)18)3-4-12(11)20-2/h3-4,7,10H,5-6,8H2,1-2H3,(H,15,19)(H,17,18). The summed E-state index contributed by atoms with van der Waals surface area (Å²) in [6.07, 6.45) is 0.973. The number of ether oxygens (including phenoxy) is 1. The predicted octanol–water partition coefficient (Wildman–Crippen LogP) is 2.36. The minimum atomic E-state index is -1.05. The summed E-state index contributed by atoms with van der Waals surface area (Å²) in [5.41, 5.74) is 0.463. The second kappa shape index (κ2) is 6.71. The average molecular weight is 310 g/mol. The van der Waals surface area contributed by atoms with Gasteiger partial charge in [0.05, 0.1) is 18.4 Å². The van der Waals surface area contributed by atoms with E-state index in [1.165, 1.54) is 25.3 Å². The van der Waals surface area contributed by atoms with Crippen molar-refractivity contribution in [1.82, 2.24) is 4.90 Å². The number of carbonyl (C=O) groups excluding carboxylic acids is 1. The van der Waals surface area contributed by atoms with E-state index in [-0.39, 0.29) is 17.6 Å². The van der Waals surface area contributed by atoms with Crippen LogP contribution in [0.1, 0.15) is 16.8 Å². The van der Waals surface area contributed by atoms with Gasteiger partial charge in [-0.3, -0.25) is 0 Å². The highest BCUT2D eigenvalue weighted by Crippen LogP contribution is 2.27. The number of aromatic carboxylic acids is 1. The van der Waals surface area contributed by atoms with Crippen molar-refractivity contribution in [2.24, 2.45) is 0 Å². The van der Waals surface area contributed by atoms with Crippen LogP contribution in [0.25, 0.3) is 0 Å². The maximum atomic E-state index is 12.3. The van der Waals surface area contributed by atoms with Crippen molar-refractivity contribution in [1.29, 1.82) is 0 Å². The SMILES string of the molecule is COc1ccc(C(=O)O)cc1NC(=O)N(C)C1CCSC1. The molecule has 1 aromatic carbocycles. The molecule has 1 aliphatic heterocycles. The van der Waals surface area contributed by atoms with Crippen LogP contribution in [0, 0.1) is 0 Å². The van der Waals surface area contributed by atoms with Gasteiger partial charge in [-0.05, 0) is 30.4 Å². The van der Waals surface area contributed by atoms with Gasteiger partial charge in [-0.2, -0.15) is 11.8 Å². The van der Waals surface area contributed by atoms with Crippen molar-refractivity contribution in [3.8, 4) is 5.75 Å². The summed E-state index contributed by atoms with van der Waals surface area (Å²) in [6.45, 7) is 0. The van der Waals surface area contributed by atoms with E-state index in [2.05, 4.69) is 5.32 Å². The zero-order valence-corrected chi connectivity index (χ0v) is 12.8. The fourth-order valence-electron chi connectivity index (χ4n) is 2.14. The van der Waals surface area contributed by atoms with Crippen LogP contribution in [0.4, 0.5) is 10.5 Å². The molecule has 1 heterocycles. The molecule has 2 rings (SSSR count). The number of hydrogen-bond acceptors (Lipinski definition) is 4. The van der Waals surface area contributed by atoms with E-state index in [9.17, 15) is 9.59 Å². The van der Waals surface area contributed by atoms with Crippen LogP contribution in [0.2, 0.25) is 0 Å². The highest BCUT2D eigenvalue weighted by Gasteiger charge is 2.24. The van der Waals surface area contributed by atoms with E-state index in [1.54, 1.807) is 11.9 Å². The molecule has 1 fully saturated rings. The number of carbonyl (C=O) groups is 2. The van der Waals surface area contributed by atoms with Gasteiger partial charge in [-0.1, -0.05) is 0 Å². The molecule has 0 radical (unpaired) electrons. The highest BCUT2D eigenvalue weighted by molar-refractivity contribution is 7.99. The maximum absolute atomic E-state index is 12.3. The first kappa shape index (κ1) is 15.5. The second-order valence-electron chi connectivity index (χ2n) is 4.78. The number of thioether (sulfide) groups is 1. The third-order valence-corrected chi connectivity index (χ3v) is 4.61. The summed E-state index contributed by atoms with van der Waals surface area (Å²) in [7, 11) is 3.22. The van der Waals surface area contributed by atoms with E-state index in [0.717, 1.165) is 17.9 Å². The van der Waals surface area contributed by atoms with Gasteiger partial charge in [0.2, 0.25) is 0 Å². The number of rotatable bonds is 4. The van der Waals surface area contributed by atoms with Gasteiger partial charge in [0.1, 0.15) is 5.75 Å². The Bertz CT molecular complexity index is 544. The number of hydrogen-bond donors (Lipinski definition) is 2. The van der Waals surface area contributed by atoms with Crippen LogP contribution < -0.4 is 10.1 Å². The summed E-state index contributed by atoms with van der Waals surface area (Å²) in [4.78, 5) is 24.9. The molecule has 0 aromatic heterocycles. The number of carboxylic acid groups (broad SMARTS) is 1. The summed E-state index contributed by atoms with van der Waals surface area (Å²) < 4.78 is 5.16. The van der Waals surface area contributed by atoms with Crippen molar-refractivity contribution in [2.45, 2.75) is 12.5 Å². The molecule has 21 heavy (non-hydrogen) atoms. The largest absolute Gasteiger partial charge is 0.495 e. The molecule has 7 heteroatoms. The van der Waals surface area contributed by atoms with Crippen LogP contribution in [0.5, 0.6) is 5.75 Å². The van der Waals surface area contributed by atoms with Crippen molar-refractivity contribution in [2.75, 3.05) is 31.0 Å². The number of nitrogens with zero attached hydrogens (tertiary/aromatic N) is 1. The van der Waals surface area contributed by atoms with Crippen LogP contribution in [-0.4, -0.2) is 53.7 Å². The van der Waals surface area contributed by atoms with Gasteiger partial charge in [0.25, 0.3) is 0 Å². The Morgan fingerprint density at radius 3 is 2.81 bits per heavy atom. The van der Waals surface area contributed by atoms with Gasteiger partial charge in [0.15, 0.2) is 0 Å². The Hall–Kier alpha value is -1.89. The molecular formula is C14H18N2O4S. The lowest BCUT2D eigenvalue weighted by Gasteiger charge is -2.24. The molecule has 1 aromatic rings. The average Bonchev–Trinajstić information content (AvgIpc) is 3.00. The zero-order valence-electron chi connectivity index (χ0n) is 12.0. The fourth-order valence-corrected chi connectivity index (χ4v) is 3.40. The summed E-state index contributed by atoms with van der Waals surface area (Å²) in [5.74, 6) is 1.37. The number of nitrogens with one attached hydrogen (secondary N) is 1. The topological polar surface area (TPSA) is 78.9 Å². The van der Waals surface area contributed by atoms with Crippen molar-refractivity contribution >= 4 is 29.4 Å². The molecule has 0 bridgehead atoms. The van der Waals surface area contributed by atoms with E-state index in [4.69, 9.17) is 9.84 Å². The molecule has 1 saturated heterocycles. The third kappa shape index (κ3) is 3.60. The Morgan fingerprint density at radius 1 is 1.48 bits per heavy atom. The van der Waals surface area contributed by atoms with E-state index >= 15 is 0 Å². The van der Waals surface area contributed by atoms with E-state index < -0.39 is 5.97 Å². The molecule has 0 aliphatic carbocycles. The molecule has 1 aliphatic rings. The van der Waals surface area contributed by atoms with Gasteiger partial charge < -0.3 is 20.1 Å². The molecule has 0 spiro atoms. The molecule has 2 amide bonds.